The maximum Gasteiger partial charge on any atom is 0.239 e. The summed E-state index contributed by atoms with van der Waals surface area (Å²) in [5.41, 5.74) is 5.57. The van der Waals surface area contributed by atoms with Gasteiger partial charge in [0.25, 0.3) is 0 Å². The van der Waals surface area contributed by atoms with Crippen LogP contribution in [0.1, 0.15) is 46.5 Å². The van der Waals surface area contributed by atoms with Crippen molar-refractivity contribution in [3.8, 4) is 0 Å². The van der Waals surface area contributed by atoms with Crippen molar-refractivity contribution in [2.45, 2.75) is 58.5 Å². The first-order valence-corrected chi connectivity index (χ1v) is 7.32. The van der Waals surface area contributed by atoms with Gasteiger partial charge in [0, 0.05) is 25.7 Å². The van der Waals surface area contributed by atoms with Gasteiger partial charge in [0.1, 0.15) is 0 Å². The van der Waals surface area contributed by atoms with Crippen molar-refractivity contribution in [1.29, 1.82) is 0 Å². The highest BCUT2D eigenvalue weighted by Gasteiger charge is 2.27. The molecule has 0 radical (unpaired) electrons. The first-order valence-electron chi connectivity index (χ1n) is 7.32. The van der Waals surface area contributed by atoms with Gasteiger partial charge in [-0.25, -0.2) is 0 Å². The van der Waals surface area contributed by atoms with Gasteiger partial charge in [-0.15, -0.1) is 0 Å². The van der Waals surface area contributed by atoms with Gasteiger partial charge in [-0.2, -0.15) is 0 Å². The van der Waals surface area contributed by atoms with Gasteiger partial charge in [0.15, 0.2) is 0 Å². The topological polar surface area (TPSA) is 49.6 Å². The predicted molar refractivity (Wildman–Crippen MR) is 75.4 cm³/mol. The molecule has 2 N–H and O–H groups in total. The molecule has 0 spiro atoms. The van der Waals surface area contributed by atoms with E-state index in [1.807, 2.05) is 11.8 Å². The maximum absolute atomic E-state index is 12.5. The van der Waals surface area contributed by atoms with Gasteiger partial charge in [0.2, 0.25) is 5.91 Å². The summed E-state index contributed by atoms with van der Waals surface area (Å²) in [6.45, 7) is 9.81. The number of amides is 1. The molecular weight excluding hydrogens is 226 g/mol. The number of hydrogen-bond acceptors (Lipinski definition) is 3. The zero-order valence-corrected chi connectivity index (χ0v) is 12.2. The Hall–Kier alpha value is -0.610. The standard InChI is InChI=1S/C14H29N3O/c1-12(2)17(11-7-8-15)13(3)14(18)16-9-5-4-6-10-16/h12-13H,4-11,15H2,1-3H3. The molecule has 4 heteroatoms. The lowest BCUT2D eigenvalue weighted by molar-refractivity contribution is -0.138. The molecule has 1 saturated heterocycles. The normalized spacial score (nSPS) is 18.4. The van der Waals surface area contributed by atoms with Gasteiger partial charge in [-0.3, -0.25) is 9.69 Å². The largest absolute Gasteiger partial charge is 0.341 e. The van der Waals surface area contributed by atoms with E-state index in [-0.39, 0.29) is 6.04 Å². The molecule has 1 rings (SSSR count). The van der Waals surface area contributed by atoms with Gasteiger partial charge >= 0.3 is 0 Å². The highest BCUT2D eigenvalue weighted by atomic mass is 16.2. The number of rotatable bonds is 6. The van der Waals surface area contributed by atoms with Crippen molar-refractivity contribution in [2.24, 2.45) is 5.73 Å². The SMILES string of the molecule is CC(C)N(CCCN)C(C)C(=O)N1CCCCC1. The van der Waals surface area contributed by atoms with E-state index in [2.05, 4.69) is 18.7 Å². The Bertz CT molecular complexity index is 249. The molecule has 1 fully saturated rings. The number of hydrogen-bond donors (Lipinski definition) is 1. The highest BCUT2D eigenvalue weighted by molar-refractivity contribution is 5.81. The Kier molecular flexibility index (Phi) is 6.65. The molecule has 18 heavy (non-hydrogen) atoms. The van der Waals surface area contributed by atoms with Crippen molar-refractivity contribution in [1.82, 2.24) is 9.80 Å². The summed E-state index contributed by atoms with van der Waals surface area (Å²) in [5.74, 6) is 0.292. The average Bonchev–Trinajstić information content (AvgIpc) is 2.38. The van der Waals surface area contributed by atoms with Crippen molar-refractivity contribution in [3.63, 3.8) is 0 Å². The second-order valence-corrected chi connectivity index (χ2v) is 5.54. The van der Waals surface area contributed by atoms with Gasteiger partial charge < -0.3 is 10.6 Å². The molecule has 4 nitrogen and oxygen atoms in total. The summed E-state index contributed by atoms with van der Waals surface area (Å²) in [6.07, 6.45) is 4.53. The maximum atomic E-state index is 12.5. The number of nitrogens with zero attached hydrogens (tertiary/aromatic N) is 2. The monoisotopic (exact) mass is 255 g/mol. The third-order valence-electron chi connectivity index (χ3n) is 3.81. The van der Waals surface area contributed by atoms with E-state index in [4.69, 9.17) is 5.73 Å². The lowest BCUT2D eigenvalue weighted by atomic mass is 10.1. The quantitative estimate of drug-likeness (QED) is 0.781. The molecule has 0 aliphatic carbocycles. The molecule has 0 aromatic rings. The number of piperidine rings is 1. The lowest BCUT2D eigenvalue weighted by Crippen LogP contribution is -2.51. The molecule has 0 aromatic heterocycles. The van der Waals surface area contributed by atoms with Gasteiger partial charge in [-0.05, 0) is 53.0 Å². The molecular formula is C14H29N3O. The van der Waals surface area contributed by atoms with Crippen LogP contribution in [0, 0.1) is 0 Å². The van der Waals surface area contributed by atoms with Crippen LogP contribution in [-0.2, 0) is 4.79 Å². The van der Waals surface area contributed by atoms with Crippen LogP contribution in [0.5, 0.6) is 0 Å². The van der Waals surface area contributed by atoms with Gasteiger partial charge in [-0.1, -0.05) is 0 Å². The zero-order chi connectivity index (χ0) is 13.5. The third kappa shape index (κ3) is 4.25. The van der Waals surface area contributed by atoms with E-state index in [0.717, 1.165) is 38.9 Å². The molecule has 0 saturated carbocycles. The van der Waals surface area contributed by atoms with Crippen molar-refractivity contribution in [3.05, 3.63) is 0 Å². The summed E-state index contributed by atoms with van der Waals surface area (Å²) >= 11 is 0. The van der Waals surface area contributed by atoms with Crippen LogP contribution in [0.15, 0.2) is 0 Å². The molecule has 1 unspecified atom stereocenters. The summed E-state index contributed by atoms with van der Waals surface area (Å²) in [5, 5.41) is 0. The number of nitrogens with two attached hydrogens (primary N) is 1. The predicted octanol–water partition coefficient (Wildman–Crippen LogP) is 1.45. The van der Waals surface area contributed by atoms with Gasteiger partial charge in [0.05, 0.1) is 6.04 Å². The Balaban J connectivity index is 2.57. The van der Waals surface area contributed by atoms with E-state index in [1.165, 1.54) is 6.42 Å². The van der Waals surface area contributed by atoms with Crippen LogP contribution in [0.2, 0.25) is 0 Å². The second kappa shape index (κ2) is 7.74. The van der Waals surface area contributed by atoms with Crippen LogP contribution in [-0.4, -0.2) is 54.0 Å². The smallest absolute Gasteiger partial charge is 0.239 e. The van der Waals surface area contributed by atoms with E-state index in [1.54, 1.807) is 0 Å². The van der Waals surface area contributed by atoms with E-state index < -0.39 is 0 Å². The molecule has 1 aliphatic rings. The highest BCUT2D eigenvalue weighted by Crippen LogP contribution is 2.14. The van der Waals surface area contributed by atoms with Crippen LogP contribution in [0.4, 0.5) is 0 Å². The second-order valence-electron chi connectivity index (χ2n) is 5.54. The molecule has 1 amide bonds. The van der Waals surface area contributed by atoms with Crippen LogP contribution in [0.25, 0.3) is 0 Å². The van der Waals surface area contributed by atoms with Crippen molar-refractivity contribution in [2.75, 3.05) is 26.2 Å². The third-order valence-corrected chi connectivity index (χ3v) is 3.81. The molecule has 0 bridgehead atoms. The first kappa shape index (κ1) is 15.4. The number of carbonyl (C=O) groups excluding carboxylic acids is 1. The average molecular weight is 255 g/mol. The molecule has 1 aliphatic heterocycles. The fourth-order valence-electron chi connectivity index (χ4n) is 2.69. The molecule has 106 valence electrons. The zero-order valence-electron chi connectivity index (χ0n) is 12.2. The fraction of sp³-hybridized carbons (Fsp3) is 0.929. The Morgan fingerprint density at radius 2 is 1.83 bits per heavy atom. The fourth-order valence-corrected chi connectivity index (χ4v) is 2.69. The Labute approximate surface area is 111 Å². The lowest BCUT2D eigenvalue weighted by Gasteiger charge is -2.36. The summed E-state index contributed by atoms with van der Waals surface area (Å²) in [6, 6.07) is 0.370. The van der Waals surface area contributed by atoms with E-state index >= 15 is 0 Å². The van der Waals surface area contributed by atoms with Crippen molar-refractivity contribution < 1.29 is 4.79 Å². The molecule has 1 atom stereocenters. The van der Waals surface area contributed by atoms with Crippen LogP contribution < -0.4 is 5.73 Å². The number of likely N-dealkylation sites (tertiary alicyclic amines) is 1. The first-order chi connectivity index (χ1) is 8.57. The summed E-state index contributed by atoms with van der Waals surface area (Å²) in [7, 11) is 0. The number of carbonyl (C=O) groups is 1. The van der Waals surface area contributed by atoms with E-state index in [9.17, 15) is 4.79 Å². The summed E-state index contributed by atoms with van der Waals surface area (Å²) in [4.78, 5) is 16.8. The molecule has 1 heterocycles. The Morgan fingerprint density at radius 3 is 2.33 bits per heavy atom. The van der Waals surface area contributed by atoms with Crippen molar-refractivity contribution >= 4 is 5.91 Å². The Morgan fingerprint density at radius 1 is 1.22 bits per heavy atom. The minimum Gasteiger partial charge on any atom is -0.341 e. The van der Waals surface area contributed by atoms with Crippen LogP contribution in [0.3, 0.4) is 0 Å². The minimum atomic E-state index is -0.0188. The van der Waals surface area contributed by atoms with Crippen LogP contribution >= 0.6 is 0 Å². The molecule has 0 aromatic carbocycles. The van der Waals surface area contributed by atoms with E-state index in [0.29, 0.717) is 18.5 Å². The summed E-state index contributed by atoms with van der Waals surface area (Å²) < 4.78 is 0. The minimum absolute atomic E-state index is 0.0188.